The van der Waals surface area contributed by atoms with Gasteiger partial charge in [0, 0.05) is 12.6 Å². The highest BCUT2D eigenvalue weighted by Crippen LogP contribution is 2.24. The van der Waals surface area contributed by atoms with Gasteiger partial charge in [-0.3, -0.25) is 4.68 Å². The van der Waals surface area contributed by atoms with Crippen LogP contribution in [0.15, 0.2) is 48.5 Å². The first kappa shape index (κ1) is 10.1. The summed E-state index contributed by atoms with van der Waals surface area (Å²) in [4.78, 5) is 0. The lowest BCUT2D eigenvalue weighted by Gasteiger charge is -2.04. The van der Waals surface area contributed by atoms with Crippen LogP contribution in [0.1, 0.15) is 5.69 Å². The van der Waals surface area contributed by atoms with Gasteiger partial charge in [-0.25, -0.2) is 0 Å². The van der Waals surface area contributed by atoms with E-state index in [-0.39, 0.29) is 0 Å². The van der Waals surface area contributed by atoms with E-state index in [0.29, 0.717) is 0 Å². The van der Waals surface area contributed by atoms with E-state index in [1.807, 2.05) is 18.7 Å². The van der Waals surface area contributed by atoms with Crippen LogP contribution in [0.3, 0.4) is 0 Å². The number of hydrogen-bond donors (Lipinski definition) is 0. The van der Waals surface area contributed by atoms with Gasteiger partial charge in [-0.1, -0.05) is 36.4 Å². The molecular weight excluding hydrogens is 208 g/mol. The Kier molecular flexibility index (Phi) is 2.22. The molecule has 0 atom stereocenters. The monoisotopic (exact) mass is 222 g/mol. The Labute approximate surface area is 101 Å². The second-order valence-electron chi connectivity index (χ2n) is 4.36. The molecule has 0 bridgehead atoms. The molecule has 17 heavy (non-hydrogen) atoms. The molecule has 0 saturated carbocycles. The second kappa shape index (κ2) is 3.74. The van der Waals surface area contributed by atoms with Crippen LogP contribution in [-0.2, 0) is 7.05 Å². The molecule has 0 aliphatic carbocycles. The second-order valence-corrected chi connectivity index (χ2v) is 4.36. The number of rotatable bonds is 1. The van der Waals surface area contributed by atoms with Crippen molar-refractivity contribution >= 4 is 10.8 Å². The molecule has 84 valence electrons. The van der Waals surface area contributed by atoms with Crippen molar-refractivity contribution in [2.75, 3.05) is 0 Å². The zero-order chi connectivity index (χ0) is 11.8. The third-order valence-electron chi connectivity index (χ3n) is 3.05. The highest BCUT2D eigenvalue weighted by Gasteiger charge is 2.05. The topological polar surface area (TPSA) is 17.8 Å². The summed E-state index contributed by atoms with van der Waals surface area (Å²) in [6, 6.07) is 17.0. The molecule has 1 heterocycles. The van der Waals surface area contributed by atoms with Gasteiger partial charge in [0.15, 0.2) is 0 Å². The lowest BCUT2D eigenvalue weighted by atomic mass is 10.1. The summed E-state index contributed by atoms with van der Waals surface area (Å²) in [5.41, 5.74) is 3.43. The summed E-state index contributed by atoms with van der Waals surface area (Å²) < 4.78 is 1.93. The Bertz CT molecular complexity index is 680. The third kappa shape index (κ3) is 1.72. The maximum Gasteiger partial charge on any atom is 0.0681 e. The van der Waals surface area contributed by atoms with Gasteiger partial charge < -0.3 is 0 Å². The Hall–Kier alpha value is -2.09. The van der Waals surface area contributed by atoms with Gasteiger partial charge in [0.1, 0.15) is 0 Å². The Morgan fingerprint density at radius 3 is 2.41 bits per heavy atom. The van der Waals surface area contributed by atoms with E-state index in [9.17, 15) is 0 Å². The average molecular weight is 222 g/mol. The molecule has 0 aliphatic rings. The molecule has 2 heteroatoms. The molecule has 2 aromatic carbocycles. The minimum atomic E-state index is 1.05. The van der Waals surface area contributed by atoms with Crippen molar-refractivity contribution < 1.29 is 0 Å². The minimum Gasteiger partial charge on any atom is -0.268 e. The normalized spacial score (nSPS) is 10.9. The maximum atomic E-state index is 4.38. The zero-order valence-corrected chi connectivity index (χ0v) is 10.0. The van der Waals surface area contributed by atoms with E-state index < -0.39 is 0 Å². The van der Waals surface area contributed by atoms with Crippen molar-refractivity contribution in [3.8, 4) is 11.3 Å². The quantitative estimate of drug-likeness (QED) is 0.615. The highest BCUT2D eigenvalue weighted by molar-refractivity contribution is 5.86. The fraction of sp³-hybridized carbons (Fsp3) is 0.133. The van der Waals surface area contributed by atoms with Gasteiger partial charge in [0.2, 0.25) is 0 Å². The van der Waals surface area contributed by atoms with Gasteiger partial charge in [-0.2, -0.15) is 5.10 Å². The molecule has 0 amide bonds. The molecule has 0 N–H and O–H groups in total. The molecule has 3 rings (SSSR count). The number of nitrogens with zero attached hydrogens (tertiary/aromatic N) is 2. The van der Waals surface area contributed by atoms with E-state index in [1.54, 1.807) is 0 Å². The minimum absolute atomic E-state index is 1.05. The average Bonchev–Trinajstić information content (AvgIpc) is 2.68. The molecule has 0 fully saturated rings. The van der Waals surface area contributed by atoms with Gasteiger partial charge in [-0.05, 0) is 29.8 Å². The van der Waals surface area contributed by atoms with Crippen LogP contribution in [0, 0.1) is 6.92 Å². The SMILES string of the molecule is Cc1cc(-c2ccc3ccccc3c2)n(C)n1. The van der Waals surface area contributed by atoms with E-state index in [1.165, 1.54) is 16.3 Å². The lowest BCUT2D eigenvalue weighted by molar-refractivity contribution is 0.764. The third-order valence-corrected chi connectivity index (χ3v) is 3.05. The first-order valence-corrected chi connectivity index (χ1v) is 5.74. The van der Waals surface area contributed by atoms with Gasteiger partial charge in [0.05, 0.1) is 11.4 Å². The van der Waals surface area contributed by atoms with Crippen LogP contribution in [-0.4, -0.2) is 9.78 Å². The highest BCUT2D eigenvalue weighted by atomic mass is 15.3. The molecule has 0 unspecified atom stereocenters. The van der Waals surface area contributed by atoms with Gasteiger partial charge in [0.25, 0.3) is 0 Å². The summed E-state index contributed by atoms with van der Waals surface area (Å²) in [5.74, 6) is 0. The smallest absolute Gasteiger partial charge is 0.0681 e. The van der Waals surface area contributed by atoms with Crippen molar-refractivity contribution in [1.82, 2.24) is 9.78 Å². The van der Waals surface area contributed by atoms with Crippen LogP contribution in [0.2, 0.25) is 0 Å². The van der Waals surface area contributed by atoms with Crippen LogP contribution in [0.5, 0.6) is 0 Å². The largest absolute Gasteiger partial charge is 0.268 e. The zero-order valence-electron chi connectivity index (χ0n) is 10.0. The number of hydrogen-bond acceptors (Lipinski definition) is 1. The molecule has 0 radical (unpaired) electrons. The molecular formula is C15H14N2. The molecule has 3 aromatic rings. The molecule has 1 aromatic heterocycles. The Morgan fingerprint density at radius 2 is 1.71 bits per heavy atom. The van der Waals surface area contributed by atoms with Crippen LogP contribution < -0.4 is 0 Å². The van der Waals surface area contributed by atoms with Crippen molar-refractivity contribution in [3.63, 3.8) is 0 Å². The Morgan fingerprint density at radius 1 is 0.941 bits per heavy atom. The fourth-order valence-corrected chi connectivity index (χ4v) is 2.23. The lowest BCUT2D eigenvalue weighted by Crippen LogP contribution is -1.93. The van der Waals surface area contributed by atoms with E-state index in [4.69, 9.17) is 0 Å². The number of aromatic nitrogens is 2. The van der Waals surface area contributed by atoms with Crippen molar-refractivity contribution in [2.24, 2.45) is 7.05 Å². The molecule has 0 spiro atoms. The molecule has 2 nitrogen and oxygen atoms in total. The molecule has 0 saturated heterocycles. The summed E-state index contributed by atoms with van der Waals surface area (Å²) in [5, 5.41) is 6.92. The van der Waals surface area contributed by atoms with Crippen LogP contribution >= 0.6 is 0 Å². The first-order valence-electron chi connectivity index (χ1n) is 5.74. The van der Waals surface area contributed by atoms with E-state index in [2.05, 4.69) is 53.6 Å². The van der Waals surface area contributed by atoms with E-state index in [0.717, 1.165) is 11.4 Å². The summed E-state index contributed by atoms with van der Waals surface area (Å²) in [6.45, 7) is 2.02. The van der Waals surface area contributed by atoms with Gasteiger partial charge in [-0.15, -0.1) is 0 Å². The van der Waals surface area contributed by atoms with Crippen LogP contribution in [0.4, 0.5) is 0 Å². The number of fused-ring (bicyclic) bond motifs is 1. The number of benzene rings is 2. The molecule has 0 aliphatic heterocycles. The first-order chi connectivity index (χ1) is 8.24. The summed E-state index contributed by atoms with van der Waals surface area (Å²) >= 11 is 0. The predicted molar refractivity (Wildman–Crippen MR) is 70.9 cm³/mol. The Balaban J connectivity index is 2.21. The standard InChI is InChI=1S/C15H14N2/c1-11-9-15(17(2)16-11)14-8-7-12-5-3-4-6-13(12)10-14/h3-10H,1-2H3. The predicted octanol–water partition coefficient (Wildman–Crippen LogP) is 3.55. The van der Waals surface area contributed by atoms with Crippen molar-refractivity contribution in [3.05, 3.63) is 54.2 Å². The van der Waals surface area contributed by atoms with Crippen LogP contribution in [0.25, 0.3) is 22.0 Å². The summed E-state index contributed by atoms with van der Waals surface area (Å²) in [6.07, 6.45) is 0. The van der Waals surface area contributed by atoms with E-state index >= 15 is 0 Å². The summed E-state index contributed by atoms with van der Waals surface area (Å²) in [7, 11) is 1.98. The van der Waals surface area contributed by atoms with Gasteiger partial charge >= 0.3 is 0 Å². The van der Waals surface area contributed by atoms with Crippen molar-refractivity contribution in [1.29, 1.82) is 0 Å². The van der Waals surface area contributed by atoms with Crippen molar-refractivity contribution in [2.45, 2.75) is 6.92 Å². The number of aryl methyl sites for hydroxylation is 2. The fourth-order valence-electron chi connectivity index (χ4n) is 2.23. The maximum absolute atomic E-state index is 4.38.